The molecule has 0 saturated carbocycles. The molecule has 0 atom stereocenters. The van der Waals surface area contributed by atoms with E-state index in [4.69, 9.17) is 0 Å². The Morgan fingerprint density at radius 1 is 1.24 bits per heavy atom. The highest BCUT2D eigenvalue weighted by Gasteiger charge is 2.34. The summed E-state index contributed by atoms with van der Waals surface area (Å²) in [5.74, 6) is -0.154. The summed E-state index contributed by atoms with van der Waals surface area (Å²) >= 11 is 3.17. The van der Waals surface area contributed by atoms with Crippen LogP contribution in [0.3, 0.4) is 0 Å². The number of rotatable bonds is 3. The molecule has 0 bridgehead atoms. The summed E-state index contributed by atoms with van der Waals surface area (Å²) < 4.78 is 55.9. The number of anilines is 1. The van der Waals surface area contributed by atoms with Gasteiger partial charge in [0.05, 0.1) is 6.54 Å². The number of benzene rings is 1. The van der Waals surface area contributed by atoms with Gasteiger partial charge in [0.2, 0.25) is 0 Å². The molecule has 1 aromatic carbocycles. The van der Waals surface area contributed by atoms with Crippen LogP contribution in [-0.2, 0) is 19.8 Å². The molecule has 0 spiro atoms. The zero-order chi connectivity index (χ0) is 18.4. The van der Waals surface area contributed by atoms with Gasteiger partial charge in [0, 0.05) is 42.0 Å². The van der Waals surface area contributed by atoms with Crippen LogP contribution < -0.4 is 4.90 Å². The maximum atomic E-state index is 14.2. The average molecular weight is 417 g/mol. The van der Waals surface area contributed by atoms with E-state index in [0.717, 1.165) is 12.1 Å². The third-order valence-corrected chi connectivity index (χ3v) is 4.27. The van der Waals surface area contributed by atoms with Gasteiger partial charge in [-0.15, -0.1) is 0 Å². The first-order valence-electron chi connectivity index (χ1n) is 7.21. The molecule has 2 aromatic heterocycles. The van der Waals surface area contributed by atoms with Crippen molar-refractivity contribution in [2.75, 3.05) is 11.9 Å². The quantitative estimate of drug-likeness (QED) is 0.588. The van der Waals surface area contributed by atoms with Gasteiger partial charge in [-0.1, -0.05) is 15.9 Å². The minimum Gasteiger partial charge on any atom is -0.367 e. The number of hydrogen-bond donors (Lipinski definition) is 0. The molecule has 0 radical (unpaired) electrons. The number of nitrogens with zero attached hydrogens (tertiary/aromatic N) is 4. The fourth-order valence-electron chi connectivity index (χ4n) is 2.54. The predicted octanol–water partition coefficient (Wildman–Crippen LogP) is 4.53. The summed E-state index contributed by atoms with van der Waals surface area (Å²) in [4.78, 5) is 9.23. The van der Waals surface area contributed by atoms with Gasteiger partial charge in [0.1, 0.15) is 17.0 Å². The standard InChI is InChI=1S/C16H13BrF4N4/c1-24-4-3-22-14(24)8-25(2)12-7-13(16(19,20)21)23-15-10(12)5-9(17)6-11(15)18/h3-7H,8H2,1-2H3. The number of hydrogen-bond acceptors (Lipinski definition) is 3. The second kappa shape index (κ2) is 6.29. The Bertz CT molecular complexity index is 936. The van der Waals surface area contributed by atoms with Crippen molar-refractivity contribution in [1.82, 2.24) is 14.5 Å². The van der Waals surface area contributed by atoms with Gasteiger partial charge >= 0.3 is 6.18 Å². The van der Waals surface area contributed by atoms with E-state index >= 15 is 0 Å². The molecule has 25 heavy (non-hydrogen) atoms. The fourth-order valence-corrected chi connectivity index (χ4v) is 2.97. The van der Waals surface area contributed by atoms with Gasteiger partial charge in [0.15, 0.2) is 5.82 Å². The molecule has 0 aliphatic carbocycles. The van der Waals surface area contributed by atoms with Gasteiger partial charge < -0.3 is 9.47 Å². The van der Waals surface area contributed by atoms with Gasteiger partial charge in [-0.2, -0.15) is 13.2 Å². The molecule has 3 rings (SSSR count). The average Bonchev–Trinajstić information content (AvgIpc) is 2.90. The van der Waals surface area contributed by atoms with E-state index in [1.807, 2.05) is 0 Å². The summed E-state index contributed by atoms with van der Waals surface area (Å²) in [6, 6.07) is 3.57. The monoisotopic (exact) mass is 416 g/mol. The van der Waals surface area contributed by atoms with Crippen molar-refractivity contribution in [3.05, 3.63) is 52.4 Å². The lowest BCUT2D eigenvalue weighted by Crippen LogP contribution is -2.21. The Kier molecular flexibility index (Phi) is 4.44. The SMILES string of the molecule is CN(Cc1nccn1C)c1cc(C(F)(F)F)nc2c(F)cc(Br)cc12. The van der Waals surface area contributed by atoms with Gasteiger partial charge in [0.25, 0.3) is 0 Å². The van der Waals surface area contributed by atoms with Crippen LogP contribution in [0.4, 0.5) is 23.2 Å². The molecule has 2 heterocycles. The topological polar surface area (TPSA) is 34.0 Å². The van der Waals surface area contributed by atoms with E-state index in [1.54, 1.807) is 42.0 Å². The summed E-state index contributed by atoms with van der Waals surface area (Å²) in [5, 5.41) is 0.289. The Morgan fingerprint density at radius 2 is 1.96 bits per heavy atom. The zero-order valence-corrected chi connectivity index (χ0v) is 14.9. The number of pyridine rings is 1. The second-order valence-corrected chi connectivity index (χ2v) is 6.53. The molecule has 9 heteroatoms. The Hall–Kier alpha value is -2.16. The van der Waals surface area contributed by atoms with Crippen molar-refractivity contribution >= 4 is 32.5 Å². The molecule has 0 aliphatic heterocycles. The summed E-state index contributed by atoms with van der Waals surface area (Å²) in [7, 11) is 3.42. The molecule has 0 saturated heterocycles. The Morgan fingerprint density at radius 3 is 2.56 bits per heavy atom. The highest BCUT2D eigenvalue weighted by Crippen LogP contribution is 2.36. The van der Waals surface area contributed by atoms with Crippen molar-refractivity contribution in [3.63, 3.8) is 0 Å². The van der Waals surface area contributed by atoms with E-state index in [-0.39, 0.29) is 23.1 Å². The van der Waals surface area contributed by atoms with Crippen LogP contribution in [0.2, 0.25) is 0 Å². The highest BCUT2D eigenvalue weighted by molar-refractivity contribution is 9.10. The van der Waals surface area contributed by atoms with Gasteiger partial charge in [-0.3, -0.25) is 0 Å². The zero-order valence-electron chi connectivity index (χ0n) is 13.3. The fraction of sp³-hybridized carbons (Fsp3) is 0.250. The first-order chi connectivity index (χ1) is 11.7. The number of alkyl halides is 3. The van der Waals surface area contributed by atoms with E-state index in [9.17, 15) is 17.6 Å². The number of aromatic nitrogens is 3. The molecule has 0 unspecified atom stereocenters. The maximum Gasteiger partial charge on any atom is 0.433 e. The highest BCUT2D eigenvalue weighted by atomic mass is 79.9. The van der Waals surface area contributed by atoms with E-state index in [2.05, 4.69) is 25.9 Å². The van der Waals surface area contributed by atoms with Crippen LogP contribution in [0, 0.1) is 5.82 Å². The lowest BCUT2D eigenvalue weighted by atomic mass is 10.1. The number of halogens is 5. The maximum absolute atomic E-state index is 14.2. The number of fused-ring (bicyclic) bond motifs is 1. The summed E-state index contributed by atoms with van der Waals surface area (Å²) in [6.07, 6.45) is -1.33. The molecule has 0 amide bonds. The molecular weight excluding hydrogens is 404 g/mol. The Labute approximate surface area is 149 Å². The van der Waals surface area contributed by atoms with Gasteiger partial charge in [-0.05, 0) is 18.2 Å². The summed E-state index contributed by atoms with van der Waals surface area (Å²) in [5.41, 5.74) is -1.23. The van der Waals surface area contributed by atoms with Crippen LogP contribution in [0.25, 0.3) is 10.9 Å². The number of imidazole rings is 1. The van der Waals surface area contributed by atoms with Crippen LogP contribution >= 0.6 is 15.9 Å². The van der Waals surface area contributed by atoms with Crippen molar-refractivity contribution in [3.8, 4) is 0 Å². The Balaban J connectivity index is 2.19. The summed E-state index contributed by atoms with van der Waals surface area (Å²) in [6.45, 7) is 0.258. The third-order valence-electron chi connectivity index (χ3n) is 3.81. The van der Waals surface area contributed by atoms with E-state index in [1.165, 1.54) is 0 Å². The molecule has 4 nitrogen and oxygen atoms in total. The number of aryl methyl sites for hydroxylation is 1. The smallest absolute Gasteiger partial charge is 0.367 e. The molecule has 0 aliphatic rings. The van der Waals surface area contributed by atoms with E-state index < -0.39 is 17.7 Å². The minimum absolute atomic E-state index is 0.223. The predicted molar refractivity (Wildman–Crippen MR) is 89.7 cm³/mol. The lowest BCUT2D eigenvalue weighted by Gasteiger charge is -2.22. The first-order valence-corrected chi connectivity index (χ1v) is 8.00. The third kappa shape index (κ3) is 3.46. The van der Waals surface area contributed by atoms with Crippen LogP contribution in [0.1, 0.15) is 11.5 Å². The largest absolute Gasteiger partial charge is 0.433 e. The second-order valence-electron chi connectivity index (χ2n) is 5.62. The van der Waals surface area contributed by atoms with Crippen molar-refractivity contribution in [2.24, 2.45) is 7.05 Å². The van der Waals surface area contributed by atoms with Crippen LogP contribution in [0.5, 0.6) is 0 Å². The van der Waals surface area contributed by atoms with E-state index in [0.29, 0.717) is 10.3 Å². The lowest BCUT2D eigenvalue weighted by molar-refractivity contribution is -0.140. The van der Waals surface area contributed by atoms with Crippen molar-refractivity contribution in [2.45, 2.75) is 12.7 Å². The molecule has 0 fully saturated rings. The molecular formula is C16H13BrF4N4. The molecule has 132 valence electrons. The first kappa shape index (κ1) is 17.7. The van der Waals surface area contributed by atoms with Crippen molar-refractivity contribution in [1.29, 1.82) is 0 Å². The van der Waals surface area contributed by atoms with Gasteiger partial charge in [-0.25, -0.2) is 14.4 Å². The molecule has 3 aromatic rings. The van der Waals surface area contributed by atoms with Crippen molar-refractivity contribution < 1.29 is 17.6 Å². The molecule has 0 N–H and O–H groups in total. The van der Waals surface area contributed by atoms with Crippen LogP contribution in [-0.4, -0.2) is 21.6 Å². The minimum atomic E-state index is -4.67. The normalized spacial score (nSPS) is 12.0. The van der Waals surface area contributed by atoms with Crippen LogP contribution in [0.15, 0.2) is 35.1 Å².